The molecular weight excluding hydrogens is 299 g/mol. The van der Waals surface area contributed by atoms with Crippen molar-refractivity contribution < 1.29 is 9.90 Å². The highest BCUT2D eigenvalue weighted by molar-refractivity contribution is 6.35. The monoisotopic (exact) mass is 316 g/mol. The van der Waals surface area contributed by atoms with E-state index >= 15 is 0 Å². The van der Waals surface area contributed by atoms with Crippen molar-refractivity contribution in [3.8, 4) is 0 Å². The third kappa shape index (κ3) is 3.64. The molecule has 1 aromatic carbocycles. The van der Waals surface area contributed by atoms with E-state index in [-0.39, 0.29) is 24.4 Å². The van der Waals surface area contributed by atoms with E-state index in [1.807, 2.05) is 0 Å². The summed E-state index contributed by atoms with van der Waals surface area (Å²) in [6, 6.07) is 4.80. The molecule has 20 heavy (non-hydrogen) atoms. The topological polar surface area (TPSA) is 75.4 Å². The Kier molecular flexibility index (Phi) is 5.27. The molecule has 1 aliphatic rings. The lowest BCUT2D eigenvalue weighted by molar-refractivity contribution is -0.125. The number of nitrogens with two attached hydrogens (primary N) is 1. The van der Waals surface area contributed by atoms with Crippen LogP contribution in [0.4, 0.5) is 0 Å². The Morgan fingerprint density at radius 2 is 2.20 bits per heavy atom. The van der Waals surface area contributed by atoms with E-state index in [1.54, 1.807) is 18.2 Å². The standard InChI is InChI=1S/C14H18Cl2N2O2/c15-8-4-5-9(11(16)6-8)13(19)7-18-14(20)10-2-1-3-12(10)17/h4-6,10,12-13,19H,1-3,7,17H2,(H,18,20)/t10-,12+,13+/m0/s1. The molecule has 0 saturated heterocycles. The van der Waals surface area contributed by atoms with Crippen LogP contribution in [-0.4, -0.2) is 23.6 Å². The molecular formula is C14H18Cl2N2O2. The molecule has 4 nitrogen and oxygen atoms in total. The average molecular weight is 317 g/mol. The van der Waals surface area contributed by atoms with Gasteiger partial charge in [0.1, 0.15) is 0 Å². The molecule has 1 aliphatic carbocycles. The van der Waals surface area contributed by atoms with Crippen LogP contribution < -0.4 is 11.1 Å². The van der Waals surface area contributed by atoms with Crippen LogP contribution in [0.5, 0.6) is 0 Å². The molecule has 4 N–H and O–H groups in total. The quantitative estimate of drug-likeness (QED) is 0.797. The Balaban J connectivity index is 1.91. The minimum absolute atomic E-state index is 0.0775. The molecule has 1 aromatic rings. The molecule has 0 unspecified atom stereocenters. The molecule has 6 heteroatoms. The van der Waals surface area contributed by atoms with Crippen LogP contribution in [0.2, 0.25) is 10.0 Å². The van der Waals surface area contributed by atoms with Gasteiger partial charge in [0.05, 0.1) is 12.0 Å². The summed E-state index contributed by atoms with van der Waals surface area (Å²) in [5.41, 5.74) is 6.43. The first-order valence-corrected chi connectivity index (χ1v) is 7.41. The van der Waals surface area contributed by atoms with E-state index in [4.69, 9.17) is 28.9 Å². The number of halogens is 2. The fraction of sp³-hybridized carbons (Fsp3) is 0.500. The van der Waals surface area contributed by atoms with E-state index in [2.05, 4.69) is 5.32 Å². The van der Waals surface area contributed by atoms with Gasteiger partial charge in [-0.15, -0.1) is 0 Å². The summed E-state index contributed by atoms with van der Waals surface area (Å²) < 4.78 is 0. The van der Waals surface area contributed by atoms with Crippen molar-refractivity contribution >= 4 is 29.1 Å². The molecule has 1 saturated carbocycles. The van der Waals surface area contributed by atoms with Crippen LogP contribution in [0, 0.1) is 5.92 Å². The van der Waals surface area contributed by atoms with Gasteiger partial charge in [-0.3, -0.25) is 4.79 Å². The summed E-state index contributed by atoms with van der Waals surface area (Å²) in [7, 11) is 0. The number of nitrogens with one attached hydrogen (secondary N) is 1. The minimum atomic E-state index is -0.860. The van der Waals surface area contributed by atoms with E-state index in [1.165, 1.54) is 0 Å². The fourth-order valence-electron chi connectivity index (χ4n) is 2.52. The van der Waals surface area contributed by atoms with Gasteiger partial charge >= 0.3 is 0 Å². The van der Waals surface area contributed by atoms with Crippen LogP contribution >= 0.6 is 23.2 Å². The molecule has 3 atom stereocenters. The largest absolute Gasteiger partial charge is 0.387 e. The van der Waals surface area contributed by atoms with Gasteiger partial charge < -0.3 is 16.2 Å². The lowest BCUT2D eigenvalue weighted by Gasteiger charge is -2.18. The summed E-state index contributed by atoms with van der Waals surface area (Å²) >= 11 is 11.8. The van der Waals surface area contributed by atoms with Crippen molar-refractivity contribution in [1.82, 2.24) is 5.32 Å². The molecule has 0 heterocycles. The van der Waals surface area contributed by atoms with Crippen molar-refractivity contribution in [3.63, 3.8) is 0 Å². The van der Waals surface area contributed by atoms with Gasteiger partial charge in [0, 0.05) is 28.2 Å². The molecule has 0 aliphatic heterocycles. The highest BCUT2D eigenvalue weighted by Crippen LogP contribution is 2.27. The van der Waals surface area contributed by atoms with Crippen LogP contribution in [0.1, 0.15) is 30.9 Å². The third-order valence-corrected chi connectivity index (χ3v) is 4.26. The van der Waals surface area contributed by atoms with Gasteiger partial charge in [-0.2, -0.15) is 0 Å². The van der Waals surface area contributed by atoms with Crippen molar-refractivity contribution in [2.24, 2.45) is 11.7 Å². The second-order valence-corrected chi connectivity index (χ2v) is 5.97. The maximum Gasteiger partial charge on any atom is 0.224 e. The van der Waals surface area contributed by atoms with E-state index in [9.17, 15) is 9.90 Å². The van der Waals surface area contributed by atoms with Gasteiger partial charge in [0.15, 0.2) is 0 Å². The summed E-state index contributed by atoms with van der Waals surface area (Å²) in [5, 5.41) is 13.7. The molecule has 110 valence electrons. The molecule has 0 spiro atoms. The van der Waals surface area contributed by atoms with Crippen LogP contribution in [0.25, 0.3) is 0 Å². The van der Waals surface area contributed by atoms with Crippen LogP contribution in [-0.2, 0) is 4.79 Å². The van der Waals surface area contributed by atoms with Crippen molar-refractivity contribution in [1.29, 1.82) is 0 Å². The van der Waals surface area contributed by atoms with Crippen molar-refractivity contribution in [3.05, 3.63) is 33.8 Å². The van der Waals surface area contributed by atoms with Gasteiger partial charge in [-0.25, -0.2) is 0 Å². The number of hydrogen-bond acceptors (Lipinski definition) is 3. The minimum Gasteiger partial charge on any atom is -0.387 e. The van der Waals surface area contributed by atoms with Gasteiger partial charge in [0.2, 0.25) is 5.91 Å². The molecule has 2 rings (SSSR count). The molecule has 0 aromatic heterocycles. The summed E-state index contributed by atoms with van der Waals surface area (Å²) in [5.74, 6) is -0.248. The number of hydrogen-bond donors (Lipinski definition) is 3. The molecule has 0 bridgehead atoms. The van der Waals surface area contributed by atoms with Gasteiger partial charge in [-0.1, -0.05) is 35.7 Å². The highest BCUT2D eigenvalue weighted by Gasteiger charge is 2.30. The summed E-state index contributed by atoms with van der Waals surface area (Å²) in [6.45, 7) is 0.114. The number of amides is 1. The van der Waals surface area contributed by atoms with E-state index < -0.39 is 6.10 Å². The Labute approximate surface area is 128 Å². The predicted molar refractivity (Wildman–Crippen MR) is 79.7 cm³/mol. The first-order chi connectivity index (χ1) is 9.49. The highest BCUT2D eigenvalue weighted by atomic mass is 35.5. The van der Waals surface area contributed by atoms with E-state index in [0.29, 0.717) is 15.6 Å². The SMILES string of the molecule is N[C@@H]1CCC[C@@H]1C(=O)NC[C@@H](O)c1ccc(Cl)cc1Cl. The summed E-state index contributed by atoms with van der Waals surface area (Å²) in [6.07, 6.45) is 1.81. The molecule has 1 fully saturated rings. The van der Waals surface area contributed by atoms with Crippen LogP contribution in [0.15, 0.2) is 18.2 Å². The Morgan fingerprint density at radius 1 is 1.45 bits per heavy atom. The van der Waals surface area contributed by atoms with E-state index in [0.717, 1.165) is 19.3 Å². The smallest absolute Gasteiger partial charge is 0.224 e. The van der Waals surface area contributed by atoms with Crippen molar-refractivity contribution in [2.45, 2.75) is 31.4 Å². The zero-order valence-electron chi connectivity index (χ0n) is 11.0. The number of carbonyl (C=O) groups is 1. The Hall–Kier alpha value is -0.810. The van der Waals surface area contributed by atoms with Gasteiger partial charge in [0.25, 0.3) is 0 Å². The number of aliphatic hydroxyl groups excluding tert-OH is 1. The van der Waals surface area contributed by atoms with Gasteiger partial charge in [-0.05, 0) is 25.0 Å². The Bertz CT molecular complexity index is 496. The first-order valence-electron chi connectivity index (χ1n) is 6.65. The fourth-order valence-corrected chi connectivity index (χ4v) is 3.06. The first kappa shape index (κ1) is 15.6. The maximum absolute atomic E-state index is 12.0. The predicted octanol–water partition coefficient (Wildman–Crippen LogP) is 2.27. The molecule has 1 amide bonds. The zero-order valence-corrected chi connectivity index (χ0v) is 12.5. The van der Waals surface area contributed by atoms with Crippen LogP contribution in [0.3, 0.4) is 0 Å². The third-order valence-electron chi connectivity index (χ3n) is 3.70. The number of benzene rings is 1. The normalized spacial score (nSPS) is 23.6. The lowest BCUT2D eigenvalue weighted by atomic mass is 10.0. The second-order valence-electron chi connectivity index (χ2n) is 5.13. The summed E-state index contributed by atoms with van der Waals surface area (Å²) in [4.78, 5) is 12.0. The van der Waals surface area contributed by atoms with Crippen molar-refractivity contribution in [2.75, 3.05) is 6.54 Å². The average Bonchev–Trinajstić information content (AvgIpc) is 2.82. The zero-order chi connectivity index (χ0) is 14.7. The number of aliphatic hydroxyl groups is 1. The molecule has 0 radical (unpaired) electrons. The lowest BCUT2D eigenvalue weighted by Crippen LogP contribution is -2.40. The maximum atomic E-state index is 12.0. The second kappa shape index (κ2) is 6.76. The number of carbonyl (C=O) groups excluding carboxylic acids is 1. The Morgan fingerprint density at radius 3 is 2.80 bits per heavy atom. The number of rotatable bonds is 4.